The fourth-order valence-electron chi connectivity index (χ4n) is 2.70. The summed E-state index contributed by atoms with van der Waals surface area (Å²) in [6, 6.07) is 9.40. The standard InChI is InChI=1S/C15H24N2/c1-3-5-8-13(4-2)17-12-11-16-14-9-6-7-10-15(14)17/h6-7,9-10,13,16H,3-5,8,11-12H2,1-2H3. The topological polar surface area (TPSA) is 15.3 Å². The van der Waals surface area contributed by atoms with Crippen LogP contribution in [0.5, 0.6) is 0 Å². The van der Waals surface area contributed by atoms with Crippen molar-refractivity contribution in [2.75, 3.05) is 23.3 Å². The third kappa shape index (κ3) is 2.74. The van der Waals surface area contributed by atoms with Gasteiger partial charge in [0.2, 0.25) is 0 Å². The zero-order valence-electron chi connectivity index (χ0n) is 11.1. The molecule has 1 aliphatic heterocycles. The van der Waals surface area contributed by atoms with Crippen molar-refractivity contribution in [3.05, 3.63) is 24.3 Å². The minimum Gasteiger partial charge on any atom is -0.382 e. The number of nitrogens with zero attached hydrogens (tertiary/aromatic N) is 1. The highest BCUT2D eigenvalue weighted by Gasteiger charge is 2.21. The fourth-order valence-corrected chi connectivity index (χ4v) is 2.70. The van der Waals surface area contributed by atoms with Crippen molar-refractivity contribution >= 4 is 11.4 Å². The first-order chi connectivity index (χ1) is 8.36. The Morgan fingerprint density at radius 1 is 1.29 bits per heavy atom. The Hall–Kier alpha value is -1.18. The van der Waals surface area contributed by atoms with Crippen molar-refractivity contribution in [3.8, 4) is 0 Å². The molecule has 94 valence electrons. The smallest absolute Gasteiger partial charge is 0.0605 e. The maximum atomic E-state index is 3.49. The summed E-state index contributed by atoms with van der Waals surface area (Å²) >= 11 is 0. The Labute approximate surface area is 105 Å². The zero-order valence-corrected chi connectivity index (χ0v) is 11.1. The van der Waals surface area contributed by atoms with Crippen LogP contribution in [-0.2, 0) is 0 Å². The number of unbranched alkanes of at least 4 members (excludes halogenated alkanes) is 1. The maximum Gasteiger partial charge on any atom is 0.0605 e. The molecular formula is C15H24N2. The fraction of sp³-hybridized carbons (Fsp3) is 0.600. The molecule has 1 aromatic carbocycles. The Morgan fingerprint density at radius 3 is 2.88 bits per heavy atom. The Bertz CT molecular complexity index is 349. The van der Waals surface area contributed by atoms with Crippen LogP contribution in [-0.4, -0.2) is 19.1 Å². The summed E-state index contributed by atoms with van der Waals surface area (Å²) in [7, 11) is 0. The number of fused-ring (bicyclic) bond motifs is 1. The van der Waals surface area contributed by atoms with Crippen molar-refractivity contribution in [2.45, 2.75) is 45.6 Å². The number of nitrogens with one attached hydrogen (secondary N) is 1. The molecule has 0 spiro atoms. The predicted molar refractivity (Wildman–Crippen MR) is 75.9 cm³/mol. The van der Waals surface area contributed by atoms with Crippen LogP contribution in [0.4, 0.5) is 11.4 Å². The lowest BCUT2D eigenvalue weighted by Gasteiger charge is -2.38. The first kappa shape index (κ1) is 12.3. The second kappa shape index (κ2) is 5.95. The second-order valence-corrected chi connectivity index (χ2v) is 4.84. The van der Waals surface area contributed by atoms with E-state index >= 15 is 0 Å². The van der Waals surface area contributed by atoms with Gasteiger partial charge < -0.3 is 10.2 Å². The number of hydrogen-bond donors (Lipinski definition) is 1. The average molecular weight is 232 g/mol. The van der Waals surface area contributed by atoms with Gasteiger partial charge in [0.25, 0.3) is 0 Å². The van der Waals surface area contributed by atoms with Gasteiger partial charge in [0.1, 0.15) is 0 Å². The molecular weight excluding hydrogens is 208 g/mol. The van der Waals surface area contributed by atoms with Gasteiger partial charge in [-0.2, -0.15) is 0 Å². The Kier molecular flexibility index (Phi) is 4.29. The van der Waals surface area contributed by atoms with E-state index < -0.39 is 0 Å². The van der Waals surface area contributed by atoms with Crippen LogP contribution in [0.3, 0.4) is 0 Å². The molecule has 2 rings (SSSR count). The van der Waals surface area contributed by atoms with Crippen LogP contribution in [0.1, 0.15) is 39.5 Å². The van der Waals surface area contributed by atoms with E-state index in [0.717, 1.165) is 13.1 Å². The maximum absolute atomic E-state index is 3.49. The highest BCUT2D eigenvalue weighted by Crippen LogP contribution is 2.31. The SMILES string of the molecule is CCCCC(CC)N1CCNc2ccccc21. The normalized spacial score (nSPS) is 16.2. The molecule has 1 atom stereocenters. The lowest BCUT2D eigenvalue weighted by Crippen LogP contribution is -2.41. The molecule has 0 amide bonds. The summed E-state index contributed by atoms with van der Waals surface area (Å²) in [5, 5.41) is 3.49. The number of para-hydroxylation sites is 2. The molecule has 2 heteroatoms. The molecule has 0 saturated heterocycles. The quantitative estimate of drug-likeness (QED) is 0.828. The minimum atomic E-state index is 0.707. The van der Waals surface area contributed by atoms with Gasteiger partial charge in [-0.3, -0.25) is 0 Å². The van der Waals surface area contributed by atoms with Crippen LogP contribution in [0, 0.1) is 0 Å². The van der Waals surface area contributed by atoms with E-state index in [2.05, 4.69) is 48.3 Å². The van der Waals surface area contributed by atoms with E-state index in [4.69, 9.17) is 0 Å². The molecule has 1 aliphatic rings. The molecule has 1 N–H and O–H groups in total. The van der Waals surface area contributed by atoms with Crippen molar-refractivity contribution in [3.63, 3.8) is 0 Å². The molecule has 17 heavy (non-hydrogen) atoms. The van der Waals surface area contributed by atoms with Gasteiger partial charge in [-0.05, 0) is 25.0 Å². The number of rotatable bonds is 5. The van der Waals surface area contributed by atoms with Gasteiger partial charge in [0, 0.05) is 19.1 Å². The Balaban J connectivity index is 2.15. The molecule has 0 saturated carbocycles. The van der Waals surface area contributed by atoms with Gasteiger partial charge in [-0.1, -0.05) is 38.8 Å². The third-order valence-corrected chi connectivity index (χ3v) is 3.68. The van der Waals surface area contributed by atoms with Crippen LogP contribution >= 0.6 is 0 Å². The lowest BCUT2D eigenvalue weighted by atomic mass is 10.0. The predicted octanol–water partition coefficient (Wildman–Crippen LogP) is 3.89. The molecule has 2 nitrogen and oxygen atoms in total. The van der Waals surface area contributed by atoms with E-state index in [-0.39, 0.29) is 0 Å². The zero-order chi connectivity index (χ0) is 12.1. The van der Waals surface area contributed by atoms with Crippen molar-refractivity contribution in [2.24, 2.45) is 0 Å². The monoisotopic (exact) mass is 232 g/mol. The second-order valence-electron chi connectivity index (χ2n) is 4.84. The van der Waals surface area contributed by atoms with E-state index in [1.807, 2.05) is 0 Å². The average Bonchev–Trinajstić information content (AvgIpc) is 2.40. The van der Waals surface area contributed by atoms with Crippen LogP contribution in [0.2, 0.25) is 0 Å². The highest BCUT2D eigenvalue weighted by molar-refractivity contribution is 5.72. The third-order valence-electron chi connectivity index (χ3n) is 3.68. The summed E-state index contributed by atoms with van der Waals surface area (Å²) in [5.74, 6) is 0. The molecule has 0 radical (unpaired) electrons. The van der Waals surface area contributed by atoms with Gasteiger partial charge in [-0.15, -0.1) is 0 Å². The summed E-state index contributed by atoms with van der Waals surface area (Å²) in [6.07, 6.45) is 5.20. The highest BCUT2D eigenvalue weighted by atomic mass is 15.2. The van der Waals surface area contributed by atoms with E-state index in [0.29, 0.717) is 6.04 Å². The lowest BCUT2D eigenvalue weighted by molar-refractivity contribution is 0.513. The van der Waals surface area contributed by atoms with Crippen LogP contribution in [0.25, 0.3) is 0 Å². The molecule has 0 bridgehead atoms. The van der Waals surface area contributed by atoms with Gasteiger partial charge in [-0.25, -0.2) is 0 Å². The molecule has 0 aliphatic carbocycles. The summed E-state index contributed by atoms with van der Waals surface area (Å²) in [6.45, 7) is 6.79. The molecule has 1 aromatic rings. The Morgan fingerprint density at radius 2 is 2.12 bits per heavy atom. The van der Waals surface area contributed by atoms with Crippen molar-refractivity contribution < 1.29 is 0 Å². The summed E-state index contributed by atoms with van der Waals surface area (Å²) in [4.78, 5) is 2.60. The first-order valence-electron chi connectivity index (χ1n) is 6.96. The van der Waals surface area contributed by atoms with Gasteiger partial charge in [0.05, 0.1) is 11.4 Å². The molecule has 1 heterocycles. The van der Waals surface area contributed by atoms with Crippen LogP contribution in [0.15, 0.2) is 24.3 Å². The summed E-state index contributed by atoms with van der Waals surface area (Å²) in [5.41, 5.74) is 2.69. The number of benzene rings is 1. The largest absolute Gasteiger partial charge is 0.382 e. The number of hydrogen-bond acceptors (Lipinski definition) is 2. The summed E-state index contributed by atoms with van der Waals surface area (Å²) < 4.78 is 0. The molecule has 0 fully saturated rings. The van der Waals surface area contributed by atoms with Crippen LogP contribution < -0.4 is 10.2 Å². The van der Waals surface area contributed by atoms with Gasteiger partial charge in [0.15, 0.2) is 0 Å². The van der Waals surface area contributed by atoms with Crippen molar-refractivity contribution in [1.29, 1.82) is 0 Å². The van der Waals surface area contributed by atoms with E-state index in [1.165, 1.54) is 37.1 Å². The van der Waals surface area contributed by atoms with Crippen molar-refractivity contribution in [1.82, 2.24) is 0 Å². The van der Waals surface area contributed by atoms with E-state index in [1.54, 1.807) is 0 Å². The minimum absolute atomic E-state index is 0.707. The molecule has 0 aromatic heterocycles. The first-order valence-corrected chi connectivity index (χ1v) is 6.96. The number of anilines is 2. The van der Waals surface area contributed by atoms with Gasteiger partial charge >= 0.3 is 0 Å². The van der Waals surface area contributed by atoms with E-state index in [9.17, 15) is 0 Å². The molecule has 1 unspecified atom stereocenters.